The Morgan fingerprint density at radius 2 is 2.29 bits per heavy atom. The van der Waals surface area contributed by atoms with Gasteiger partial charge < -0.3 is 9.72 Å². The minimum absolute atomic E-state index is 0. The molecule has 0 saturated heterocycles. The molecule has 0 spiro atoms. The Kier molecular flexibility index (Phi) is 4.55. The van der Waals surface area contributed by atoms with Crippen molar-refractivity contribution in [3.63, 3.8) is 0 Å². The minimum Gasteiger partial charge on any atom is -0.381 e. The van der Waals surface area contributed by atoms with E-state index in [9.17, 15) is 0 Å². The van der Waals surface area contributed by atoms with Gasteiger partial charge in [0.15, 0.2) is 0 Å². The van der Waals surface area contributed by atoms with Crippen LogP contribution in [0.4, 0.5) is 0 Å². The molecule has 2 aromatic rings. The summed E-state index contributed by atoms with van der Waals surface area (Å²) in [6, 6.07) is 11.0. The van der Waals surface area contributed by atoms with Crippen LogP contribution in [-0.4, -0.2) is 12.1 Å². The van der Waals surface area contributed by atoms with Crippen molar-refractivity contribution in [1.82, 2.24) is 4.98 Å². The van der Waals surface area contributed by atoms with E-state index in [1.807, 2.05) is 24.3 Å². The van der Waals surface area contributed by atoms with E-state index in [1.54, 1.807) is 13.3 Å². The quantitative estimate of drug-likeness (QED) is 0.461. The van der Waals surface area contributed by atoms with Gasteiger partial charge in [-0.2, -0.15) is 0 Å². The molecule has 1 aromatic heterocycles. The fourth-order valence-electron chi connectivity index (χ4n) is 1.31. The van der Waals surface area contributed by atoms with Crippen molar-refractivity contribution in [2.45, 2.75) is 6.61 Å². The molecule has 0 amide bonds. The molecule has 0 aliphatic heterocycles. The molecule has 66 valence electrons. The molecule has 2 nitrogen and oxygen atoms in total. The first-order valence-electron chi connectivity index (χ1n) is 4.14. The Morgan fingerprint density at radius 3 is 3.07 bits per heavy atom. The van der Waals surface area contributed by atoms with Crippen molar-refractivity contribution in [1.29, 1.82) is 0 Å². The maximum Gasteiger partial charge on any atom is 1.00 e. The van der Waals surface area contributed by atoms with Gasteiger partial charge in [-0.05, 0) is 5.52 Å². The zero-order chi connectivity index (χ0) is 9.10. The normalized spacial score (nSPS) is 9.79. The van der Waals surface area contributed by atoms with Crippen LogP contribution in [0.1, 0.15) is 5.56 Å². The molecule has 0 radical (unpaired) electrons. The average Bonchev–Trinajstić information content (AvgIpc) is 2.18. The van der Waals surface area contributed by atoms with Crippen LogP contribution in [0.5, 0.6) is 0 Å². The number of ether oxygens (including phenoxy) is 1. The van der Waals surface area contributed by atoms with Crippen molar-refractivity contribution in [2.75, 3.05) is 7.11 Å². The van der Waals surface area contributed by atoms with Crippen LogP contribution in [0.2, 0.25) is 0 Å². The molecule has 0 atom stereocenters. The van der Waals surface area contributed by atoms with Gasteiger partial charge in [-0.15, -0.1) is 23.6 Å². The van der Waals surface area contributed by atoms with Crippen LogP contribution in [0.15, 0.2) is 30.5 Å². The Labute approximate surface area is 106 Å². The molecule has 0 saturated carbocycles. The topological polar surface area (TPSA) is 22.1 Å². The number of hydrogen-bond donors (Lipinski definition) is 0. The SMILES string of the molecule is COCc1ccc2ncc[c-]c2c1.[Na+]. The van der Waals surface area contributed by atoms with Gasteiger partial charge in [0, 0.05) is 7.11 Å². The predicted molar refractivity (Wildman–Crippen MR) is 51.3 cm³/mol. The molecule has 1 heterocycles. The van der Waals surface area contributed by atoms with E-state index < -0.39 is 0 Å². The predicted octanol–water partition coefficient (Wildman–Crippen LogP) is -0.815. The van der Waals surface area contributed by atoms with E-state index in [-0.39, 0.29) is 29.6 Å². The molecule has 3 heteroatoms. The van der Waals surface area contributed by atoms with Gasteiger partial charge >= 0.3 is 29.6 Å². The third-order valence-electron chi connectivity index (χ3n) is 1.90. The Bertz CT molecular complexity index is 417. The van der Waals surface area contributed by atoms with Gasteiger partial charge in [0.2, 0.25) is 0 Å². The van der Waals surface area contributed by atoms with Gasteiger partial charge in [-0.3, -0.25) is 0 Å². The van der Waals surface area contributed by atoms with Crippen molar-refractivity contribution >= 4 is 10.9 Å². The molecule has 0 unspecified atom stereocenters. The molecule has 0 aliphatic carbocycles. The second-order valence-corrected chi connectivity index (χ2v) is 2.87. The van der Waals surface area contributed by atoms with E-state index in [1.165, 1.54) is 0 Å². The Hall–Kier alpha value is -0.410. The molecule has 0 aliphatic rings. The summed E-state index contributed by atoms with van der Waals surface area (Å²) in [7, 11) is 1.69. The summed E-state index contributed by atoms with van der Waals surface area (Å²) < 4.78 is 5.04. The number of nitrogens with zero attached hydrogens (tertiary/aromatic N) is 1. The smallest absolute Gasteiger partial charge is 0.381 e. The van der Waals surface area contributed by atoms with E-state index in [2.05, 4.69) is 11.1 Å². The summed E-state index contributed by atoms with van der Waals surface area (Å²) in [5, 5.41) is 1.04. The maximum absolute atomic E-state index is 5.04. The number of fused-ring (bicyclic) bond motifs is 1. The van der Waals surface area contributed by atoms with Crippen LogP contribution >= 0.6 is 0 Å². The number of hydrogen-bond acceptors (Lipinski definition) is 2. The van der Waals surface area contributed by atoms with Crippen molar-refractivity contribution < 1.29 is 34.3 Å². The van der Waals surface area contributed by atoms with Crippen molar-refractivity contribution in [3.8, 4) is 0 Å². The molecule has 1 aromatic carbocycles. The second-order valence-electron chi connectivity index (χ2n) is 2.87. The van der Waals surface area contributed by atoms with Gasteiger partial charge in [-0.25, -0.2) is 0 Å². The van der Waals surface area contributed by atoms with E-state index in [4.69, 9.17) is 4.74 Å². The van der Waals surface area contributed by atoms with Crippen LogP contribution in [0.3, 0.4) is 0 Å². The molecule has 14 heavy (non-hydrogen) atoms. The average molecular weight is 195 g/mol. The Balaban J connectivity index is 0.000000980. The molecule has 0 bridgehead atoms. The van der Waals surface area contributed by atoms with Crippen molar-refractivity contribution in [2.24, 2.45) is 0 Å². The fraction of sp³-hybridized carbons (Fsp3) is 0.182. The Morgan fingerprint density at radius 1 is 1.43 bits per heavy atom. The van der Waals surface area contributed by atoms with E-state index >= 15 is 0 Å². The summed E-state index contributed by atoms with van der Waals surface area (Å²) >= 11 is 0. The zero-order valence-corrected chi connectivity index (χ0v) is 10.4. The molecular formula is C11H10NNaO. The van der Waals surface area contributed by atoms with Gasteiger partial charge in [0.25, 0.3) is 0 Å². The van der Waals surface area contributed by atoms with Crippen LogP contribution in [0.25, 0.3) is 10.9 Å². The summed E-state index contributed by atoms with van der Waals surface area (Å²) in [5.74, 6) is 0. The van der Waals surface area contributed by atoms with Gasteiger partial charge in [0.05, 0.1) is 6.61 Å². The zero-order valence-electron chi connectivity index (χ0n) is 8.45. The standard InChI is InChI=1S/C11H10NO.Na/c1-13-8-9-4-5-11-10(7-9)3-2-6-12-11;/h2,4-7H,8H2,1H3;/q-1;+1. The second kappa shape index (κ2) is 5.47. The maximum atomic E-state index is 5.04. The van der Waals surface area contributed by atoms with Crippen LogP contribution in [0, 0.1) is 6.07 Å². The first-order valence-corrected chi connectivity index (χ1v) is 4.14. The third-order valence-corrected chi connectivity index (χ3v) is 1.90. The summed E-state index contributed by atoms with van der Waals surface area (Å²) in [6.07, 6.45) is 1.75. The minimum atomic E-state index is 0. The third kappa shape index (κ3) is 2.55. The van der Waals surface area contributed by atoms with Crippen molar-refractivity contribution in [3.05, 3.63) is 42.1 Å². The van der Waals surface area contributed by atoms with E-state index in [0.717, 1.165) is 16.5 Å². The fourth-order valence-corrected chi connectivity index (χ4v) is 1.31. The molecule has 0 N–H and O–H groups in total. The number of benzene rings is 1. The van der Waals surface area contributed by atoms with Crippen LogP contribution < -0.4 is 29.6 Å². The molecule has 0 fully saturated rings. The monoisotopic (exact) mass is 195 g/mol. The van der Waals surface area contributed by atoms with E-state index in [0.29, 0.717) is 6.61 Å². The summed E-state index contributed by atoms with van der Waals surface area (Å²) in [5.41, 5.74) is 2.13. The molecular weight excluding hydrogens is 185 g/mol. The molecule has 2 rings (SSSR count). The van der Waals surface area contributed by atoms with Crippen LogP contribution in [-0.2, 0) is 11.3 Å². The first-order chi connectivity index (χ1) is 6.40. The van der Waals surface area contributed by atoms with Gasteiger partial charge in [0.1, 0.15) is 0 Å². The number of rotatable bonds is 2. The number of aromatic nitrogens is 1. The largest absolute Gasteiger partial charge is 1.00 e. The number of methoxy groups -OCH3 is 1. The van der Waals surface area contributed by atoms with Gasteiger partial charge in [-0.1, -0.05) is 23.9 Å². The number of pyridine rings is 1. The first kappa shape index (κ1) is 11.7. The summed E-state index contributed by atoms with van der Waals surface area (Å²) in [6.45, 7) is 0.638. The summed E-state index contributed by atoms with van der Waals surface area (Å²) in [4.78, 5) is 4.21.